The minimum atomic E-state index is -0.135. The van der Waals surface area contributed by atoms with Crippen molar-refractivity contribution in [2.75, 3.05) is 0 Å². The highest BCUT2D eigenvalue weighted by molar-refractivity contribution is 6.10. The summed E-state index contributed by atoms with van der Waals surface area (Å²) in [6.07, 6.45) is 6.30. The largest absolute Gasteiger partial charge is 0.437 e. The van der Waals surface area contributed by atoms with Crippen LogP contribution in [0.3, 0.4) is 0 Å². The Balaban J connectivity index is 1.31. The Morgan fingerprint density at radius 3 is 2.33 bits per heavy atom. The van der Waals surface area contributed by atoms with E-state index in [0.717, 1.165) is 62.5 Å². The van der Waals surface area contributed by atoms with Gasteiger partial charge in [0.25, 0.3) is 0 Å². The first kappa shape index (κ1) is 29.0. The van der Waals surface area contributed by atoms with Crippen molar-refractivity contribution in [3.8, 4) is 28.2 Å². The van der Waals surface area contributed by atoms with Crippen LogP contribution in [0.2, 0.25) is 0 Å². The summed E-state index contributed by atoms with van der Waals surface area (Å²) in [5.74, 6) is 1.60. The van der Waals surface area contributed by atoms with Crippen LogP contribution in [0.4, 0.5) is 0 Å². The molecule has 0 spiro atoms. The first-order valence-electron chi connectivity index (χ1n) is 17.3. The third kappa shape index (κ3) is 4.81. The standard InChI is InChI=1S/C44H39N3O/c1-44(2,3)37-27-31(29-14-5-4-6-15-29)21-25-39(37)47-40-33-17-10-9-16-30(33)20-24-38(40)46-42(47)36-19-11-18-34-35-23-22-32(26-28-12-7-8-13-28)45-43(35)48-41(34)36/h4-6,9-11,14-25,27-28H,7-8,12-13,26H2,1-3H3. The molecule has 0 saturated heterocycles. The van der Waals surface area contributed by atoms with Crippen LogP contribution in [0.15, 0.2) is 120 Å². The van der Waals surface area contributed by atoms with Gasteiger partial charge in [0.1, 0.15) is 11.4 Å². The summed E-state index contributed by atoms with van der Waals surface area (Å²) in [7, 11) is 0. The second-order valence-corrected chi connectivity index (χ2v) is 14.6. The molecule has 0 bridgehead atoms. The van der Waals surface area contributed by atoms with Crippen LogP contribution in [0, 0.1) is 5.92 Å². The Kier molecular flexibility index (Phi) is 6.75. The quantitative estimate of drug-likeness (QED) is 0.191. The average molecular weight is 626 g/mol. The number of pyridine rings is 1. The van der Waals surface area contributed by atoms with Gasteiger partial charge < -0.3 is 4.42 Å². The van der Waals surface area contributed by atoms with Crippen molar-refractivity contribution in [1.29, 1.82) is 0 Å². The molecule has 5 aromatic carbocycles. The molecule has 1 aliphatic rings. The smallest absolute Gasteiger partial charge is 0.227 e. The monoisotopic (exact) mass is 625 g/mol. The van der Waals surface area contributed by atoms with Gasteiger partial charge in [-0.2, -0.15) is 0 Å². The van der Waals surface area contributed by atoms with Crippen LogP contribution in [0.5, 0.6) is 0 Å². The van der Waals surface area contributed by atoms with E-state index in [2.05, 4.69) is 141 Å². The fourth-order valence-corrected chi connectivity index (χ4v) is 7.91. The summed E-state index contributed by atoms with van der Waals surface area (Å²) in [4.78, 5) is 10.5. The first-order chi connectivity index (χ1) is 23.4. The zero-order valence-corrected chi connectivity index (χ0v) is 27.8. The molecule has 48 heavy (non-hydrogen) atoms. The van der Waals surface area contributed by atoms with Crippen molar-refractivity contribution in [1.82, 2.24) is 14.5 Å². The highest BCUT2D eigenvalue weighted by atomic mass is 16.3. The summed E-state index contributed by atoms with van der Waals surface area (Å²) in [5.41, 5.74) is 10.4. The van der Waals surface area contributed by atoms with Gasteiger partial charge in [-0.05, 0) is 76.2 Å². The number of aromatic nitrogens is 3. The minimum Gasteiger partial charge on any atom is -0.437 e. The lowest BCUT2D eigenvalue weighted by Gasteiger charge is -2.26. The Hall–Kier alpha value is -5.22. The lowest BCUT2D eigenvalue weighted by molar-refractivity contribution is 0.537. The maximum Gasteiger partial charge on any atom is 0.227 e. The Morgan fingerprint density at radius 1 is 0.708 bits per heavy atom. The Bertz CT molecular complexity index is 2470. The number of benzene rings is 5. The number of furan rings is 1. The van der Waals surface area contributed by atoms with E-state index in [1.165, 1.54) is 53.1 Å². The number of nitrogens with zero attached hydrogens (tertiary/aromatic N) is 3. The molecule has 3 aromatic heterocycles. The van der Waals surface area contributed by atoms with Crippen LogP contribution < -0.4 is 0 Å². The van der Waals surface area contributed by atoms with Gasteiger partial charge in [0.15, 0.2) is 0 Å². The molecule has 0 N–H and O–H groups in total. The van der Waals surface area contributed by atoms with Crippen LogP contribution in [-0.2, 0) is 11.8 Å². The van der Waals surface area contributed by atoms with Crippen molar-refractivity contribution in [2.24, 2.45) is 5.92 Å². The van der Waals surface area contributed by atoms with Crippen LogP contribution in [0.25, 0.3) is 72.1 Å². The van der Waals surface area contributed by atoms with E-state index < -0.39 is 0 Å². The van der Waals surface area contributed by atoms with Crippen LogP contribution in [0.1, 0.15) is 57.7 Å². The number of fused-ring (bicyclic) bond motifs is 6. The summed E-state index contributed by atoms with van der Waals surface area (Å²) < 4.78 is 9.11. The lowest BCUT2D eigenvalue weighted by atomic mass is 9.83. The predicted molar refractivity (Wildman–Crippen MR) is 199 cm³/mol. The molecule has 3 heterocycles. The van der Waals surface area contributed by atoms with Gasteiger partial charge in [-0.25, -0.2) is 9.97 Å². The highest BCUT2D eigenvalue weighted by Gasteiger charge is 2.26. The van der Waals surface area contributed by atoms with Gasteiger partial charge >= 0.3 is 0 Å². The molecule has 9 rings (SSSR count). The third-order valence-electron chi connectivity index (χ3n) is 10.3. The van der Waals surface area contributed by atoms with Gasteiger partial charge in [0, 0.05) is 21.9 Å². The molecule has 4 nitrogen and oxygen atoms in total. The van der Waals surface area contributed by atoms with Gasteiger partial charge in [-0.3, -0.25) is 4.57 Å². The molecule has 236 valence electrons. The highest BCUT2D eigenvalue weighted by Crippen LogP contribution is 2.42. The minimum absolute atomic E-state index is 0.135. The van der Waals surface area contributed by atoms with Crippen molar-refractivity contribution in [3.63, 3.8) is 0 Å². The molecule has 0 amide bonds. The number of para-hydroxylation sites is 1. The Morgan fingerprint density at radius 2 is 1.50 bits per heavy atom. The molecule has 1 aliphatic carbocycles. The summed E-state index contributed by atoms with van der Waals surface area (Å²) in [5, 5.41) is 4.49. The second-order valence-electron chi connectivity index (χ2n) is 14.6. The predicted octanol–water partition coefficient (Wildman–Crippen LogP) is 11.8. The van der Waals surface area contributed by atoms with Crippen LogP contribution >= 0.6 is 0 Å². The fourth-order valence-electron chi connectivity index (χ4n) is 7.91. The van der Waals surface area contributed by atoms with E-state index >= 15 is 0 Å². The van der Waals surface area contributed by atoms with E-state index in [1.807, 2.05) is 0 Å². The molecule has 0 aliphatic heterocycles. The van der Waals surface area contributed by atoms with E-state index in [4.69, 9.17) is 14.4 Å². The first-order valence-corrected chi connectivity index (χ1v) is 17.3. The second kappa shape index (κ2) is 11.2. The molecule has 8 aromatic rings. The zero-order valence-electron chi connectivity index (χ0n) is 27.8. The summed E-state index contributed by atoms with van der Waals surface area (Å²) in [6, 6.07) is 41.3. The number of imidazole rings is 1. The number of hydrogen-bond acceptors (Lipinski definition) is 3. The summed E-state index contributed by atoms with van der Waals surface area (Å²) >= 11 is 0. The van der Waals surface area contributed by atoms with Gasteiger partial charge in [-0.15, -0.1) is 0 Å². The van der Waals surface area contributed by atoms with Crippen LogP contribution in [-0.4, -0.2) is 14.5 Å². The summed E-state index contributed by atoms with van der Waals surface area (Å²) in [6.45, 7) is 6.89. The van der Waals surface area contributed by atoms with Gasteiger partial charge in [-0.1, -0.05) is 125 Å². The molecular weight excluding hydrogens is 587 g/mol. The number of hydrogen-bond donors (Lipinski definition) is 0. The van der Waals surface area contributed by atoms with Crippen molar-refractivity contribution in [2.45, 2.75) is 58.3 Å². The molecule has 0 radical (unpaired) electrons. The molecule has 1 fully saturated rings. The van der Waals surface area contributed by atoms with E-state index in [9.17, 15) is 0 Å². The fraction of sp³-hybridized carbons (Fsp3) is 0.227. The van der Waals surface area contributed by atoms with Crippen molar-refractivity contribution in [3.05, 3.63) is 127 Å². The molecule has 1 saturated carbocycles. The van der Waals surface area contributed by atoms with Crippen molar-refractivity contribution >= 4 is 43.9 Å². The lowest BCUT2D eigenvalue weighted by Crippen LogP contribution is -2.16. The third-order valence-corrected chi connectivity index (χ3v) is 10.3. The van der Waals surface area contributed by atoms with E-state index in [1.54, 1.807) is 0 Å². The average Bonchev–Trinajstić information content (AvgIpc) is 3.85. The normalized spacial score (nSPS) is 14.2. The van der Waals surface area contributed by atoms with E-state index in [-0.39, 0.29) is 5.41 Å². The van der Waals surface area contributed by atoms with Crippen molar-refractivity contribution < 1.29 is 4.42 Å². The van der Waals surface area contributed by atoms with E-state index in [0.29, 0.717) is 5.71 Å². The van der Waals surface area contributed by atoms with Gasteiger partial charge in [0.2, 0.25) is 5.71 Å². The SMILES string of the molecule is CC(C)(C)c1cc(-c2ccccc2)ccc1-n1c(-c2cccc3c2oc2nc(CC4CCCC4)ccc23)nc2ccc3ccccc3c21. The molecule has 0 atom stereocenters. The van der Waals surface area contributed by atoms with Gasteiger partial charge in [0.05, 0.1) is 22.3 Å². The molecule has 4 heteroatoms. The maximum atomic E-state index is 6.73. The topological polar surface area (TPSA) is 43.9 Å². The maximum absolute atomic E-state index is 6.73. The molecule has 0 unspecified atom stereocenters. The Labute approximate surface area is 281 Å². The molecular formula is C44H39N3O. The zero-order chi connectivity index (χ0) is 32.4. The number of rotatable bonds is 5.